The lowest BCUT2D eigenvalue weighted by Gasteiger charge is -2.30. The van der Waals surface area contributed by atoms with Gasteiger partial charge in [-0.2, -0.15) is 0 Å². The van der Waals surface area contributed by atoms with Crippen LogP contribution in [-0.4, -0.2) is 35.2 Å². The summed E-state index contributed by atoms with van der Waals surface area (Å²) in [7, 11) is 0. The minimum atomic E-state index is -0.247. The molecule has 106 valence electrons. The maximum Gasteiger partial charge on any atom is 0.302 e. The van der Waals surface area contributed by atoms with E-state index in [0.29, 0.717) is 12.5 Å². The van der Waals surface area contributed by atoms with E-state index in [1.807, 2.05) is 6.92 Å². The molecule has 0 saturated carbocycles. The molecule has 0 spiro atoms. The monoisotopic (exact) mass is 283 g/mol. The Morgan fingerprint density at radius 3 is 3.11 bits per heavy atom. The molecule has 0 radical (unpaired) electrons. The van der Waals surface area contributed by atoms with Gasteiger partial charge in [0.15, 0.2) is 0 Å². The Morgan fingerprint density at radius 1 is 1.63 bits per heavy atom. The van der Waals surface area contributed by atoms with Crippen LogP contribution in [0.5, 0.6) is 0 Å². The summed E-state index contributed by atoms with van der Waals surface area (Å²) < 4.78 is 11.0. The van der Waals surface area contributed by atoms with Gasteiger partial charge in [0.25, 0.3) is 0 Å². The third kappa shape index (κ3) is 3.83. The molecule has 4 atom stereocenters. The van der Waals surface area contributed by atoms with E-state index in [9.17, 15) is 4.79 Å². The number of carbonyl (C=O) groups is 1. The zero-order valence-corrected chi connectivity index (χ0v) is 12.5. The van der Waals surface area contributed by atoms with Crippen LogP contribution in [0.4, 0.5) is 0 Å². The Bertz CT molecular complexity index is 394. The summed E-state index contributed by atoms with van der Waals surface area (Å²) in [6, 6.07) is 0.265. The average molecular weight is 283 g/mol. The molecule has 1 unspecified atom stereocenters. The second-order valence-electron chi connectivity index (χ2n) is 4.97. The van der Waals surface area contributed by atoms with Crippen molar-refractivity contribution in [3.8, 4) is 0 Å². The molecule has 1 saturated heterocycles. The number of carbonyl (C=O) groups excluding carboxylic acids is 1. The maximum absolute atomic E-state index is 10.8. The average Bonchev–Trinajstić information content (AvgIpc) is 2.79. The first kappa shape index (κ1) is 14.6. The van der Waals surface area contributed by atoms with Crippen molar-refractivity contribution in [3.63, 3.8) is 0 Å². The summed E-state index contributed by atoms with van der Waals surface area (Å²) in [5.74, 6) is 0.111. The molecule has 19 heavy (non-hydrogen) atoms. The Morgan fingerprint density at radius 2 is 2.42 bits per heavy atom. The minimum Gasteiger partial charge on any atom is -0.463 e. The lowest BCUT2D eigenvalue weighted by atomic mass is 10.1. The number of fused-ring (bicyclic) bond motifs is 1. The molecule has 0 aromatic heterocycles. The Labute approximate surface area is 118 Å². The molecule has 2 heterocycles. The molecule has 0 aliphatic carbocycles. The van der Waals surface area contributed by atoms with E-state index in [0.717, 1.165) is 17.9 Å². The fourth-order valence-electron chi connectivity index (χ4n) is 2.31. The van der Waals surface area contributed by atoms with Crippen LogP contribution >= 0.6 is 11.8 Å². The van der Waals surface area contributed by atoms with Crippen LogP contribution in [0.1, 0.15) is 33.6 Å². The van der Waals surface area contributed by atoms with E-state index in [1.54, 1.807) is 11.8 Å². The molecule has 2 aliphatic rings. The fourth-order valence-corrected chi connectivity index (χ4v) is 3.61. The van der Waals surface area contributed by atoms with Crippen LogP contribution in [0.3, 0.4) is 0 Å². The van der Waals surface area contributed by atoms with Gasteiger partial charge in [-0.05, 0) is 19.8 Å². The minimum absolute atomic E-state index is 0.0178. The van der Waals surface area contributed by atoms with Gasteiger partial charge < -0.3 is 9.47 Å². The van der Waals surface area contributed by atoms with Crippen LogP contribution < -0.4 is 0 Å². The summed E-state index contributed by atoms with van der Waals surface area (Å²) in [5, 5.41) is 1.15. The number of aliphatic imine (C=N–C) groups is 1. The number of nitrogens with zero attached hydrogens (tertiary/aromatic N) is 1. The van der Waals surface area contributed by atoms with Gasteiger partial charge in [0.2, 0.25) is 0 Å². The molecule has 2 rings (SSSR count). The van der Waals surface area contributed by atoms with Gasteiger partial charge in [0, 0.05) is 12.8 Å². The van der Waals surface area contributed by atoms with Gasteiger partial charge in [-0.15, -0.1) is 0 Å². The molecule has 0 bridgehead atoms. The highest BCUT2D eigenvalue weighted by Crippen LogP contribution is 2.38. The highest BCUT2D eigenvalue weighted by Gasteiger charge is 2.38. The van der Waals surface area contributed by atoms with Gasteiger partial charge in [0.05, 0.1) is 17.2 Å². The molecule has 0 amide bonds. The van der Waals surface area contributed by atoms with E-state index >= 15 is 0 Å². The fraction of sp³-hybridized carbons (Fsp3) is 0.714. The zero-order chi connectivity index (χ0) is 13.8. The van der Waals surface area contributed by atoms with Gasteiger partial charge in [-0.3, -0.25) is 9.79 Å². The Hall–Kier alpha value is -0.810. The summed E-state index contributed by atoms with van der Waals surface area (Å²) in [5.41, 5.74) is 0.0945. The quantitative estimate of drug-likeness (QED) is 0.588. The van der Waals surface area contributed by atoms with Crippen molar-refractivity contribution < 1.29 is 14.3 Å². The van der Waals surface area contributed by atoms with Crippen molar-refractivity contribution in [1.29, 1.82) is 0 Å². The van der Waals surface area contributed by atoms with Crippen molar-refractivity contribution in [3.05, 3.63) is 12.2 Å². The first-order valence-electron chi connectivity index (χ1n) is 6.76. The number of rotatable bonds is 4. The highest BCUT2D eigenvalue weighted by atomic mass is 32.2. The molecule has 4 nitrogen and oxygen atoms in total. The molecular weight excluding hydrogens is 262 g/mol. The van der Waals surface area contributed by atoms with E-state index in [-0.39, 0.29) is 23.6 Å². The number of thioether (sulfide) groups is 1. The standard InChI is InChI=1S/C14H21NO3S/c1-4-5-9(2)13-15-12-7-6-11(8-17-10(3)16)18-14(12)19-13/h4-5,9,11-12,14H,6-8H2,1-3H3/b5-4+/t9?,11-,12-,14-/m1/s1. The van der Waals surface area contributed by atoms with Crippen LogP contribution in [-0.2, 0) is 14.3 Å². The zero-order valence-electron chi connectivity index (χ0n) is 11.7. The van der Waals surface area contributed by atoms with E-state index < -0.39 is 0 Å². The molecule has 1 fully saturated rings. The van der Waals surface area contributed by atoms with Crippen LogP contribution in [0.2, 0.25) is 0 Å². The molecule has 0 N–H and O–H groups in total. The van der Waals surface area contributed by atoms with Crippen molar-refractivity contribution >= 4 is 22.8 Å². The number of hydrogen-bond acceptors (Lipinski definition) is 5. The first-order valence-corrected chi connectivity index (χ1v) is 7.64. The summed E-state index contributed by atoms with van der Waals surface area (Å²) in [6.45, 7) is 5.96. The van der Waals surface area contributed by atoms with Crippen molar-refractivity contribution in [1.82, 2.24) is 0 Å². The van der Waals surface area contributed by atoms with E-state index in [1.165, 1.54) is 6.92 Å². The van der Waals surface area contributed by atoms with Crippen LogP contribution in [0, 0.1) is 5.92 Å². The Kier molecular flexibility index (Phi) is 5.05. The van der Waals surface area contributed by atoms with E-state index in [4.69, 9.17) is 14.5 Å². The predicted octanol–water partition coefficient (Wildman–Crippen LogP) is 2.78. The van der Waals surface area contributed by atoms with Crippen molar-refractivity contribution in [2.24, 2.45) is 10.9 Å². The normalized spacial score (nSPS) is 31.9. The number of esters is 1. The van der Waals surface area contributed by atoms with E-state index in [2.05, 4.69) is 19.1 Å². The van der Waals surface area contributed by atoms with Gasteiger partial charge in [-0.25, -0.2) is 0 Å². The number of ether oxygens (including phenoxy) is 2. The predicted molar refractivity (Wildman–Crippen MR) is 77.3 cm³/mol. The molecule has 0 aromatic carbocycles. The maximum atomic E-state index is 10.8. The molecule has 5 heteroatoms. The molecule has 0 aromatic rings. The number of hydrogen-bond donors (Lipinski definition) is 0. The van der Waals surface area contributed by atoms with Gasteiger partial charge >= 0.3 is 5.97 Å². The third-order valence-electron chi connectivity index (χ3n) is 3.30. The largest absolute Gasteiger partial charge is 0.463 e. The van der Waals surface area contributed by atoms with Gasteiger partial charge in [-0.1, -0.05) is 30.8 Å². The highest BCUT2D eigenvalue weighted by molar-refractivity contribution is 8.14. The topological polar surface area (TPSA) is 47.9 Å². The molecular formula is C14H21NO3S. The lowest BCUT2D eigenvalue weighted by molar-refractivity contribution is -0.147. The van der Waals surface area contributed by atoms with Crippen LogP contribution in [0.15, 0.2) is 17.1 Å². The van der Waals surface area contributed by atoms with Gasteiger partial charge in [0.1, 0.15) is 12.0 Å². The van der Waals surface area contributed by atoms with Crippen LogP contribution in [0.25, 0.3) is 0 Å². The lowest BCUT2D eigenvalue weighted by Crippen LogP contribution is -2.36. The third-order valence-corrected chi connectivity index (χ3v) is 4.67. The second-order valence-corrected chi connectivity index (χ2v) is 6.09. The number of allylic oxidation sites excluding steroid dienone is 2. The summed E-state index contributed by atoms with van der Waals surface area (Å²) in [4.78, 5) is 15.6. The van der Waals surface area contributed by atoms with Crippen molar-refractivity contribution in [2.45, 2.75) is 51.2 Å². The second kappa shape index (κ2) is 6.57. The summed E-state index contributed by atoms with van der Waals surface area (Å²) >= 11 is 1.72. The summed E-state index contributed by atoms with van der Waals surface area (Å²) in [6.07, 6.45) is 6.14. The Balaban J connectivity index is 1.87. The first-order chi connectivity index (χ1) is 9.10. The molecule has 2 aliphatic heterocycles. The smallest absolute Gasteiger partial charge is 0.302 e. The SMILES string of the molecule is C/C=C/C(C)C1=N[C@@H]2CC[C@H](COC(C)=O)O[C@@H]2S1. The van der Waals surface area contributed by atoms with Crippen molar-refractivity contribution in [2.75, 3.05) is 6.61 Å².